The van der Waals surface area contributed by atoms with Crippen LogP contribution in [-0.2, 0) is 0 Å². The summed E-state index contributed by atoms with van der Waals surface area (Å²) in [7, 11) is 0. The summed E-state index contributed by atoms with van der Waals surface area (Å²) >= 11 is 4.58. The minimum Gasteiger partial charge on any atom is -0.324 e. The highest BCUT2D eigenvalue weighted by Gasteiger charge is 2.14. The molecule has 0 bridgehead atoms. The van der Waals surface area contributed by atoms with Crippen molar-refractivity contribution in [3.8, 4) is 0 Å². The minimum absolute atomic E-state index is 0.217. The number of hydrogen-bond acceptors (Lipinski definition) is 6. The van der Waals surface area contributed by atoms with Crippen LogP contribution >= 0.6 is 34.9 Å². The molecule has 0 amide bonds. The van der Waals surface area contributed by atoms with Gasteiger partial charge < -0.3 is 5.73 Å². The second kappa shape index (κ2) is 6.21. The van der Waals surface area contributed by atoms with Gasteiger partial charge in [-0.1, -0.05) is 34.9 Å². The average molecular weight is 315 g/mol. The van der Waals surface area contributed by atoms with Gasteiger partial charge in [0.2, 0.25) is 0 Å². The second-order valence-corrected chi connectivity index (χ2v) is 7.39. The summed E-state index contributed by atoms with van der Waals surface area (Å²) in [5, 5.41) is 8.16. The fraction of sp³-hybridized carbons (Fsp3) is 0.333. The van der Waals surface area contributed by atoms with Gasteiger partial charge in [-0.25, -0.2) is 4.39 Å². The Balaban J connectivity index is 2.35. The molecule has 2 rings (SSSR count). The van der Waals surface area contributed by atoms with E-state index in [1.807, 2.05) is 19.2 Å². The molecule has 0 saturated carbocycles. The summed E-state index contributed by atoms with van der Waals surface area (Å²) in [6.45, 7) is 3.60. The van der Waals surface area contributed by atoms with Crippen molar-refractivity contribution in [3.05, 3.63) is 29.1 Å². The number of hydrogen-bond donors (Lipinski definition) is 1. The van der Waals surface area contributed by atoms with Crippen LogP contribution in [0, 0.1) is 12.7 Å². The molecule has 1 atom stereocenters. The molecule has 0 aliphatic rings. The number of halogens is 1. The number of nitrogens with zero attached hydrogens (tertiary/aromatic N) is 2. The van der Waals surface area contributed by atoms with Gasteiger partial charge in [0.15, 0.2) is 8.68 Å². The lowest BCUT2D eigenvalue weighted by Crippen LogP contribution is -2.07. The lowest BCUT2D eigenvalue weighted by atomic mass is 10.1. The third kappa shape index (κ3) is 3.47. The fourth-order valence-electron chi connectivity index (χ4n) is 1.53. The molecule has 102 valence electrons. The molecule has 0 radical (unpaired) electrons. The van der Waals surface area contributed by atoms with E-state index in [4.69, 9.17) is 5.73 Å². The number of aryl methyl sites for hydroxylation is 1. The maximum absolute atomic E-state index is 13.6. The number of nitrogens with two attached hydrogens (primary N) is 1. The van der Waals surface area contributed by atoms with Gasteiger partial charge in [0, 0.05) is 10.9 Å². The van der Waals surface area contributed by atoms with E-state index in [0.717, 1.165) is 19.1 Å². The van der Waals surface area contributed by atoms with Crippen LogP contribution in [0.25, 0.3) is 0 Å². The molecule has 0 fully saturated rings. The van der Waals surface area contributed by atoms with Gasteiger partial charge in [-0.05, 0) is 43.4 Å². The third-order valence-corrected chi connectivity index (χ3v) is 5.56. The molecule has 1 unspecified atom stereocenters. The van der Waals surface area contributed by atoms with Gasteiger partial charge in [0.1, 0.15) is 5.82 Å². The van der Waals surface area contributed by atoms with Crippen molar-refractivity contribution in [2.24, 2.45) is 5.73 Å². The van der Waals surface area contributed by atoms with E-state index < -0.39 is 0 Å². The molecule has 0 saturated heterocycles. The molecular formula is C12H14FN3S3. The first-order valence-corrected chi connectivity index (χ1v) is 8.48. The molecule has 19 heavy (non-hydrogen) atoms. The van der Waals surface area contributed by atoms with Crippen LogP contribution in [0.2, 0.25) is 0 Å². The smallest absolute Gasteiger partial charge is 0.179 e. The van der Waals surface area contributed by atoms with E-state index >= 15 is 0 Å². The van der Waals surface area contributed by atoms with Crippen LogP contribution in [0.3, 0.4) is 0 Å². The van der Waals surface area contributed by atoms with Gasteiger partial charge in [0.25, 0.3) is 0 Å². The molecule has 1 aromatic heterocycles. The zero-order valence-electron chi connectivity index (χ0n) is 10.8. The molecule has 2 N–H and O–H groups in total. The summed E-state index contributed by atoms with van der Waals surface area (Å²) in [6.07, 6.45) is 1.96. The SMILES string of the molecule is CSc1nnc(Sc2cc(C)c(F)cc2C(C)N)s1. The predicted octanol–water partition coefficient (Wildman–Crippen LogP) is 3.88. The van der Waals surface area contributed by atoms with Gasteiger partial charge >= 0.3 is 0 Å². The van der Waals surface area contributed by atoms with Gasteiger partial charge in [-0.2, -0.15) is 0 Å². The standard InChI is InChI=1S/C12H14FN3S3/c1-6-4-10(8(7(2)14)5-9(6)13)18-12-16-15-11(17-3)19-12/h4-5,7H,14H2,1-3H3. The highest BCUT2D eigenvalue weighted by atomic mass is 32.2. The first kappa shape index (κ1) is 14.8. The molecule has 0 spiro atoms. The summed E-state index contributed by atoms with van der Waals surface area (Å²) in [6, 6.07) is 3.11. The van der Waals surface area contributed by atoms with E-state index in [2.05, 4.69) is 10.2 Å². The molecular weight excluding hydrogens is 301 g/mol. The zero-order chi connectivity index (χ0) is 14.0. The highest BCUT2D eigenvalue weighted by Crippen LogP contribution is 2.37. The fourth-order valence-corrected chi connectivity index (χ4v) is 4.23. The van der Waals surface area contributed by atoms with Gasteiger partial charge in [0.05, 0.1) is 0 Å². The normalized spacial score (nSPS) is 12.7. The second-order valence-electron chi connectivity index (χ2n) is 4.07. The van der Waals surface area contributed by atoms with Crippen LogP contribution < -0.4 is 5.73 Å². The van der Waals surface area contributed by atoms with Crippen LogP contribution in [0.5, 0.6) is 0 Å². The molecule has 7 heteroatoms. The monoisotopic (exact) mass is 315 g/mol. The molecule has 0 aliphatic carbocycles. The summed E-state index contributed by atoms with van der Waals surface area (Å²) in [5.41, 5.74) is 7.31. The Kier molecular flexibility index (Phi) is 4.83. The Hall–Kier alpha value is -0.630. The van der Waals surface area contributed by atoms with Gasteiger partial charge in [-0.3, -0.25) is 0 Å². The van der Waals surface area contributed by atoms with Crippen molar-refractivity contribution < 1.29 is 4.39 Å². The van der Waals surface area contributed by atoms with Crippen molar-refractivity contribution >= 4 is 34.9 Å². The summed E-state index contributed by atoms with van der Waals surface area (Å²) in [5.74, 6) is -0.223. The maximum atomic E-state index is 13.6. The van der Waals surface area contributed by atoms with Crippen molar-refractivity contribution in [3.63, 3.8) is 0 Å². The molecule has 3 nitrogen and oxygen atoms in total. The molecule has 2 aromatic rings. The zero-order valence-corrected chi connectivity index (χ0v) is 13.3. The number of aromatic nitrogens is 2. The lowest BCUT2D eigenvalue weighted by molar-refractivity contribution is 0.610. The Morgan fingerprint density at radius 1 is 1.32 bits per heavy atom. The highest BCUT2D eigenvalue weighted by molar-refractivity contribution is 8.03. The predicted molar refractivity (Wildman–Crippen MR) is 79.6 cm³/mol. The van der Waals surface area contributed by atoms with Crippen molar-refractivity contribution in [1.82, 2.24) is 10.2 Å². The van der Waals surface area contributed by atoms with E-state index in [-0.39, 0.29) is 11.9 Å². The first-order chi connectivity index (χ1) is 9.01. The van der Waals surface area contributed by atoms with E-state index in [9.17, 15) is 4.39 Å². The minimum atomic E-state index is -0.223. The van der Waals surface area contributed by atoms with Gasteiger partial charge in [-0.15, -0.1) is 10.2 Å². The molecule has 0 aliphatic heterocycles. The third-order valence-electron chi connectivity index (χ3n) is 2.54. The Morgan fingerprint density at radius 2 is 2.00 bits per heavy atom. The van der Waals surface area contributed by atoms with Crippen LogP contribution in [0.15, 0.2) is 25.7 Å². The van der Waals surface area contributed by atoms with Crippen LogP contribution in [0.4, 0.5) is 4.39 Å². The Labute approximate surface area is 124 Å². The summed E-state index contributed by atoms with van der Waals surface area (Å²) in [4.78, 5) is 0.942. The Morgan fingerprint density at radius 3 is 2.58 bits per heavy atom. The van der Waals surface area contributed by atoms with E-state index in [0.29, 0.717) is 5.56 Å². The topological polar surface area (TPSA) is 51.8 Å². The quantitative estimate of drug-likeness (QED) is 0.868. The van der Waals surface area contributed by atoms with Crippen LogP contribution in [0.1, 0.15) is 24.1 Å². The van der Waals surface area contributed by atoms with E-state index in [1.165, 1.54) is 29.2 Å². The molecule has 1 heterocycles. The first-order valence-electron chi connectivity index (χ1n) is 5.62. The largest absolute Gasteiger partial charge is 0.324 e. The van der Waals surface area contributed by atoms with E-state index in [1.54, 1.807) is 18.7 Å². The van der Waals surface area contributed by atoms with Crippen molar-refractivity contribution in [1.29, 1.82) is 0 Å². The maximum Gasteiger partial charge on any atom is 0.179 e. The average Bonchev–Trinajstić information content (AvgIpc) is 2.81. The van der Waals surface area contributed by atoms with Crippen LogP contribution in [-0.4, -0.2) is 16.5 Å². The van der Waals surface area contributed by atoms with Crippen molar-refractivity contribution in [2.45, 2.75) is 33.5 Å². The molecule has 1 aromatic carbocycles. The lowest BCUT2D eigenvalue weighted by Gasteiger charge is -2.12. The Bertz CT molecular complexity index is 584. The van der Waals surface area contributed by atoms with Crippen molar-refractivity contribution in [2.75, 3.05) is 6.26 Å². The summed E-state index contributed by atoms with van der Waals surface area (Å²) < 4.78 is 15.4. The number of rotatable bonds is 4. The number of thioether (sulfide) groups is 1. The number of benzene rings is 1.